The number of hydrogen-bond acceptors (Lipinski definition) is 6. The van der Waals surface area contributed by atoms with Gasteiger partial charge in [-0.15, -0.1) is 0 Å². The third-order valence-corrected chi connectivity index (χ3v) is 4.26. The summed E-state index contributed by atoms with van der Waals surface area (Å²) in [6.45, 7) is 2.42. The molecular weight excluding hydrogens is 486 g/mol. The van der Waals surface area contributed by atoms with Crippen molar-refractivity contribution in [3.8, 4) is 0 Å². The van der Waals surface area contributed by atoms with Gasteiger partial charge in [0.05, 0.1) is 24.3 Å². The number of ketones is 1. The van der Waals surface area contributed by atoms with Crippen molar-refractivity contribution in [1.29, 1.82) is 0 Å². The van der Waals surface area contributed by atoms with E-state index in [-0.39, 0.29) is 29.3 Å². The number of carbonyl (C=O) groups is 3. The fourth-order valence-corrected chi connectivity index (χ4v) is 2.62. The van der Waals surface area contributed by atoms with Crippen molar-refractivity contribution in [2.24, 2.45) is 5.10 Å². The quantitative estimate of drug-likeness (QED) is 0.211. The number of halogens is 6. The summed E-state index contributed by atoms with van der Waals surface area (Å²) in [6.07, 6.45) is -12.1. The molecule has 2 rings (SSSR count). The third kappa shape index (κ3) is 7.04. The van der Waals surface area contributed by atoms with E-state index in [1.165, 1.54) is 13.8 Å². The summed E-state index contributed by atoms with van der Waals surface area (Å²) in [4.78, 5) is 37.6. The highest BCUT2D eigenvalue weighted by molar-refractivity contribution is 6.51. The molecule has 0 unspecified atom stereocenters. The van der Waals surface area contributed by atoms with Gasteiger partial charge in [-0.3, -0.25) is 4.79 Å². The molecule has 13 heteroatoms. The Kier molecular flexibility index (Phi) is 8.61. The van der Waals surface area contributed by atoms with E-state index < -0.39 is 47.2 Å². The molecule has 0 saturated heterocycles. The summed E-state index contributed by atoms with van der Waals surface area (Å²) in [5.74, 6) is -1.09. The van der Waals surface area contributed by atoms with Crippen LogP contribution in [0.1, 0.15) is 40.9 Å². The summed E-state index contributed by atoms with van der Waals surface area (Å²) in [6, 6.07) is 5.86. The smallest absolute Gasteiger partial charge is 0.440 e. The van der Waals surface area contributed by atoms with Crippen LogP contribution in [0, 0.1) is 0 Å². The van der Waals surface area contributed by atoms with Crippen LogP contribution in [0.25, 0.3) is 0 Å². The van der Waals surface area contributed by atoms with E-state index in [1.54, 1.807) is 0 Å². The molecule has 0 aliphatic carbocycles. The summed E-state index contributed by atoms with van der Waals surface area (Å²) in [7, 11) is 0. The van der Waals surface area contributed by atoms with Crippen molar-refractivity contribution in [2.45, 2.75) is 26.2 Å². The van der Waals surface area contributed by atoms with E-state index in [4.69, 9.17) is 9.47 Å². The largest absolute Gasteiger partial charge is 0.448 e. The summed E-state index contributed by atoms with van der Waals surface area (Å²) < 4.78 is 86.8. The molecule has 0 radical (unpaired) electrons. The fourth-order valence-electron chi connectivity index (χ4n) is 2.62. The van der Waals surface area contributed by atoms with Gasteiger partial charge in [0.1, 0.15) is 5.71 Å². The minimum absolute atomic E-state index is 0.0575. The summed E-state index contributed by atoms with van der Waals surface area (Å²) in [5.41, 5.74) is -3.44. The predicted octanol–water partition coefficient (Wildman–Crippen LogP) is 5.93. The van der Waals surface area contributed by atoms with Crippen molar-refractivity contribution < 1.29 is 50.2 Å². The molecule has 0 bridgehead atoms. The van der Waals surface area contributed by atoms with Gasteiger partial charge in [-0.05, 0) is 38.1 Å². The van der Waals surface area contributed by atoms with Crippen molar-refractivity contribution in [1.82, 2.24) is 5.01 Å². The molecule has 7 nitrogen and oxygen atoms in total. The van der Waals surface area contributed by atoms with E-state index in [0.717, 1.165) is 24.3 Å². The zero-order chi connectivity index (χ0) is 26.4. The van der Waals surface area contributed by atoms with Crippen molar-refractivity contribution >= 4 is 23.7 Å². The highest BCUT2D eigenvalue weighted by atomic mass is 19.4. The maximum Gasteiger partial charge on any atom is 0.440 e. The van der Waals surface area contributed by atoms with Gasteiger partial charge in [-0.1, -0.05) is 29.3 Å². The topological polar surface area (TPSA) is 85.3 Å². The second-order valence-electron chi connectivity index (χ2n) is 6.64. The first kappa shape index (κ1) is 27.3. The maximum absolute atomic E-state index is 13.1. The Morgan fingerprint density at radius 2 is 1.09 bits per heavy atom. The minimum Gasteiger partial charge on any atom is -0.448 e. The number of ether oxygens (including phenoxy) is 2. The van der Waals surface area contributed by atoms with Gasteiger partial charge < -0.3 is 9.47 Å². The molecule has 0 aliphatic heterocycles. The Morgan fingerprint density at radius 1 is 0.714 bits per heavy atom. The first-order valence-electron chi connectivity index (χ1n) is 9.91. The standard InChI is InChI=1S/C22H18F6N2O5/c1-3-34-19(32)30(20(33)35-4-2)29-17(13-5-9-15(10-6-13)21(23,24)25)18(31)14-7-11-16(12-8-14)22(26,27)28/h5-12H,3-4H2,1-2H3/b29-17+. The van der Waals surface area contributed by atoms with E-state index in [1.807, 2.05) is 0 Å². The Balaban J connectivity index is 2.63. The average Bonchev–Trinajstić information content (AvgIpc) is 2.78. The Bertz CT molecular complexity index is 1080. The highest BCUT2D eigenvalue weighted by Crippen LogP contribution is 2.30. The van der Waals surface area contributed by atoms with Gasteiger partial charge in [0, 0.05) is 11.1 Å². The molecule has 2 amide bonds. The molecule has 0 spiro atoms. The third-order valence-electron chi connectivity index (χ3n) is 4.26. The molecule has 35 heavy (non-hydrogen) atoms. The molecule has 2 aromatic carbocycles. The second kappa shape index (κ2) is 11.0. The molecule has 0 atom stereocenters. The number of Topliss-reactive ketones (excluding diaryl/α,β-unsaturated/α-hetero) is 1. The molecular formula is C22H18F6N2O5. The molecule has 0 N–H and O–H groups in total. The van der Waals surface area contributed by atoms with Gasteiger partial charge in [0.25, 0.3) is 0 Å². The molecule has 0 heterocycles. The number of imide groups is 1. The van der Waals surface area contributed by atoms with Crippen LogP contribution in [0.2, 0.25) is 0 Å². The normalized spacial score (nSPS) is 12.2. The number of nitrogens with zero attached hydrogens (tertiary/aromatic N) is 2. The van der Waals surface area contributed by atoms with Crippen molar-refractivity contribution in [2.75, 3.05) is 13.2 Å². The van der Waals surface area contributed by atoms with Crippen LogP contribution >= 0.6 is 0 Å². The Hall–Kier alpha value is -3.90. The second-order valence-corrected chi connectivity index (χ2v) is 6.64. The predicted molar refractivity (Wildman–Crippen MR) is 110 cm³/mol. The maximum atomic E-state index is 13.1. The molecule has 188 valence electrons. The van der Waals surface area contributed by atoms with Crippen molar-refractivity contribution in [3.05, 3.63) is 70.8 Å². The Morgan fingerprint density at radius 3 is 1.43 bits per heavy atom. The first-order chi connectivity index (χ1) is 16.3. The van der Waals surface area contributed by atoms with Crippen LogP contribution in [0.5, 0.6) is 0 Å². The number of amides is 2. The zero-order valence-corrected chi connectivity index (χ0v) is 18.2. The zero-order valence-electron chi connectivity index (χ0n) is 18.2. The molecule has 0 aromatic heterocycles. The van der Waals surface area contributed by atoms with Crippen LogP contribution in [-0.4, -0.2) is 41.9 Å². The number of alkyl halides is 6. The SMILES string of the molecule is CCOC(=O)N(/N=C(/C(=O)c1ccc(C(F)(F)F)cc1)c1ccc(C(F)(F)F)cc1)C(=O)OCC. The number of hydrazone groups is 1. The summed E-state index contributed by atoms with van der Waals surface area (Å²) >= 11 is 0. The van der Waals surface area contributed by atoms with E-state index in [2.05, 4.69) is 5.10 Å². The van der Waals surface area contributed by atoms with Crippen LogP contribution < -0.4 is 0 Å². The monoisotopic (exact) mass is 504 g/mol. The van der Waals surface area contributed by atoms with Gasteiger partial charge in [0.2, 0.25) is 5.78 Å². The van der Waals surface area contributed by atoms with Gasteiger partial charge in [-0.25, -0.2) is 9.59 Å². The van der Waals surface area contributed by atoms with Gasteiger partial charge in [0.15, 0.2) is 0 Å². The van der Waals surface area contributed by atoms with Crippen LogP contribution in [0.15, 0.2) is 53.6 Å². The van der Waals surface area contributed by atoms with Gasteiger partial charge >= 0.3 is 24.5 Å². The van der Waals surface area contributed by atoms with Crippen LogP contribution in [0.4, 0.5) is 35.9 Å². The lowest BCUT2D eigenvalue weighted by Gasteiger charge is -2.16. The number of benzene rings is 2. The van der Waals surface area contributed by atoms with E-state index in [0.29, 0.717) is 24.3 Å². The molecule has 0 saturated carbocycles. The fraction of sp³-hybridized carbons (Fsp3) is 0.273. The Labute approximate surface area is 194 Å². The average molecular weight is 504 g/mol. The molecule has 0 aliphatic rings. The minimum atomic E-state index is -4.70. The summed E-state index contributed by atoms with van der Waals surface area (Å²) in [5, 5.41) is 3.73. The van der Waals surface area contributed by atoms with Crippen molar-refractivity contribution in [3.63, 3.8) is 0 Å². The number of hydrogen-bond donors (Lipinski definition) is 0. The first-order valence-corrected chi connectivity index (χ1v) is 9.91. The lowest BCUT2D eigenvalue weighted by atomic mass is 9.98. The number of rotatable bonds is 6. The van der Waals surface area contributed by atoms with Crippen LogP contribution in [-0.2, 0) is 21.8 Å². The number of carbonyl (C=O) groups excluding carboxylic acids is 3. The van der Waals surface area contributed by atoms with E-state index in [9.17, 15) is 40.7 Å². The van der Waals surface area contributed by atoms with Crippen LogP contribution in [0.3, 0.4) is 0 Å². The lowest BCUT2D eigenvalue weighted by Crippen LogP contribution is -2.36. The molecule has 2 aromatic rings. The van der Waals surface area contributed by atoms with Gasteiger partial charge in [-0.2, -0.15) is 31.4 Å². The lowest BCUT2D eigenvalue weighted by molar-refractivity contribution is -0.138. The highest BCUT2D eigenvalue weighted by Gasteiger charge is 2.33. The molecule has 0 fully saturated rings. The van der Waals surface area contributed by atoms with E-state index >= 15 is 0 Å².